The molecule has 0 fully saturated rings. The number of hydrogen-bond acceptors (Lipinski definition) is 4. The van der Waals surface area contributed by atoms with Crippen molar-refractivity contribution < 1.29 is 4.92 Å². The van der Waals surface area contributed by atoms with Crippen molar-refractivity contribution in [2.24, 2.45) is 15.8 Å². The van der Waals surface area contributed by atoms with E-state index in [1.54, 1.807) is 41.1 Å². The molecule has 0 unspecified atom stereocenters. The predicted octanol–water partition coefficient (Wildman–Crippen LogP) is 1.25. The summed E-state index contributed by atoms with van der Waals surface area (Å²) in [7, 11) is 1.54. The van der Waals surface area contributed by atoms with Gasteiger partial charge in [-0.3, -0.25) is 15.1 Å². The first-order chi connectivity index (χ1) is 10.1. The normalized spacial score (nSPS) is 11.8. The first-order valence-electron chi connectivity index (χ1n) is 6.06. The molecule has 0 amide bonds. The third-order valence-corrected chi connectivity index (χ3v) is 2.74. The fourth-order valence-electron chi connectivity index (χ4n) is 1.76. The van der Waals surface area contributed by atoms with Crippen molar-refractivity contribution >= 4 is 17.9 Å². The van der Waals surface area contributed by atoms with Gasteiger partial charge >= 0.3 is 0 Å². The molecule has 2 rings (SSSR count). The second-order valence-electron chi connectivity index (χ2n) is 4.03. The summed E-state index contributed by atoms with van der Waals surface area (Å²) < 4.78 is 1.67. The summed E-state index contributed by atoms with van der Waals surface area (Å²) in [6, 6.07) is 10.0. The standard InChI is InChI=1S/C13H14N6O2/c1-15-13(14)17-16-9-10-5-4-8-18(10)11-6-2-3-7-12(11)19(20)21/h2-9H,1H3,(H3,14,15,17). The van der Waals surface area contributed by atoms with E-state index >= 15 is 0 Å². The fourth-order valence-corrected chi connectivity index (χ4v) is 1.76. The molecule has 1 aromatic carbocycles. The molecule has 2 aromatic rings. The molecule has 108 valence electrons. The predicted molar refractivity (Wildman–Crippen MR) is 80.7 cm³/mol. The highest BCUT2D eigenvalue weighted by atomic mass is 16.6. The van der Waals surface area contributed by atoms with Crippen LogP contribution in [0.3, 0.4) is 0 Å². The monoisotopic (exact) mass is 286 g/mol. The first kappa shape index (κ1) is 14.3. The number of nitrogens with zero attached hydrogens (tertiary/aromatic N) is 4. The lowest BCUT2D eigenvalue weighted by Crippen LogP contribution is -2.26. The second-order valence-corrected chi connectivity index (χ2v) is 4.03. The van der Waals surface area contributed by atoms with Crippen LogP contribution in [-0.4, -0.2) is 28.7 Å². The maximum atomic E-state index is 11.1. The number of guanidine groups is 1. The number of benzene rings is 1. The Bertz CT molecular complexity index is 704. The van der Waals surface area contributed by atoms with Gasteiger partial charge in [-0.05, 0) is 18.2 Å². The fraction of sp³-hybridized carbons (Fsp3) is 0.0769. The van der Waals surface area contributed by atoms with Gasteiger partial charge in [0.15, 0.2) is 0 Å². The highest BCUT2D eigenvalue weighted by Crippen LogP contribution is 2.23. The Balaban J connectivity index is 2.35. The Morgan fingerprint density at radius 1 is 1.38 bits per heavy atom. The lowest BCUT2D eigenvalue weighted by Gasteiger charge is -2.06. The number of nitro groups is 1. The van der Waals surface area contributed by atoms with Crippen molar-refractivity contribution in [1.29, 1.82) is 0 Å². The van der Waals surface area contributed by atoms with Gasteiger partial charge in [0.05, 0.1) is 16.8 Å². The van der Waals surface area contributed by atoms with E-state index in [-0.39, 0.29) is 11.6 Å². The Morgan fingerprint density at radius 3 is 2.86 bits per heavy atom. The molecule has 0 aliphatic rings. The van der Waals surface area contributed by atoms with Gasteiger partial charge in [-0.25, -0.2) is 5.43 Å². The van der Waals surface area contributed by atoms with Crippen molar-refractivity contribution in [3.8, 4) is 5.69 Å². The van der Waals surface area contributed by atoms with Crippen LogP contribution in [0.5, 0.6) is 0 Å². The molecule has 0 radical (unpaired) electrons. The summed E-state index contributed by atoms with van der Waals surface area (Å²) >= 11 is 0. The number of nitrogens with two attached hydrogens (primary N) is 1. The summed E-state index contributed by atoms with van der Waals surface area (Å²) in [6.45, 7) is 0. The number of rotatable bonds is 4. The zero-order chi connectivity index (χ0) is 15.2. The molecule has 1 aromatic heterocycles. The largest absolute Gasteiger partial charge is 0.369 e. The number of aromatic nitrogens is 1. The summed E-state index contributed by atoms with van der Waals surface area (Å²) in [5.74, 6) is 0.176. The molecule has 1 heterocycles. The Morgan fingerprint density at radius 2 is 2.14 bits per heavy atom. The Kier molecular flexibility index (Phi) is 4.30. The SMILES string of the molecule is CN=C(N)NN=Cc1cccn1-c1ccccc1[N+](=O)[O-]. The maximum Gasteiger partial charge on any atom is 0.293 e. The zero-order valence-electron chi connectivity index (χ0n) is 11.3. The van der Waals surface area contributed by atoms with E-state index in [2.05, 4.69) is 15.5 Å². The van der Waals surface area contributed by atoms with Crippen LogP contribution >= 0.6 is 0 Å². The molecule has 0 aliphatic heterocycles. The molecule has 21 heavy (non-hydrogen) atoms. The van der Waals surface area contributed by atoms with Crippen LogP contribution in [0, 0.1) is 10.1 Å². The van der Waals surface area contributed by atoms with E-state index in [4.69, 9.17) is 5.73 Å². The molecule has 0 aliphatic carbocycles. The van der Waals surface area contributed by atoms with Crippen LogP contribution in [-0.2, 0) is 0 Å². The van der Waals surface area contributed by atoms with Crippen LogP contribution < -0.4 is 11.2 Å². The van der Waals surface area contributed by atoms with E-state index in [0.717, 1.165) is 0 Å². The van der Waals surface area contributed by atoms with E-state index in [9.17, 15) is 10.1 Å². The molecule has 0 saturated carbocycles. The number of hydrazone groups is 1. The summed E-state index contributed by atoms with van der Waals surface area (Å²) in [4.78, 5) is 14.4. The highest BCUT2D eigenvalue weighted by Gasteiger charge is 2.15. The number of para-hydroxylation sites is 2. The number of nitro benzene ring substituents is 1. The van der Waals surface area contributed by atoms with Gasteiger partial charge in [-0.15, -0.1) is 0 Å². The number of nitrogens with one attached hydrogen (secondary N) is 1. The molecule has 0 spiro atoms. The second kappa shape index (κ2) is 6.33. The van der Waals surface area contributed by atoms with Gasteiger partial charge in [0, 0.05) is 19.3 Å². The van der Waals surface area contributed by atoms with Gasteiger partial charge < -0.3 is 10.3 Å². The highest BCUT2D eigenvalue weighted by molar-refractivity contribution is 5.82. The van der Waals surface area contributed by atoms with Crippen molar-refractivity contribution in [2.45, 2.75) is 0 Å². The molecule has 0 atom stereocenters. The average Bonchev–Trinajstić information content (AvgIpc) is 2.95. The van der Waals surface area contributed by atoms with Gasteiger partial charge in [0.2, 0.25) is 5.96 Å². The minimum Gasteiger partial charge on any atom is -0.369 e. The van der Waals surface area contributed by atoms with Crippen molar-refractivity contribution in [1.82, 2.24) is 9.99 Å². The van der Waals surface area contributed by atoms with Crippen LogP contribution in [0.2, 0.25) is 0 Å². The molecule has 3 N–H and O–H groups in total. The summed E-state index contributed by atoms with van der Waals surface area (Å²) in [5.41, 5.74) is 9.14. The van der Waals surface area contributed by atoms with Gasteiger partial charge in [-0.1, -0.05) is 12.1 Å². The lowest BCUT2D eigenvalue weighted by molar-refractivity contribution is -0.384. The molecule has 8 nitrogen and oxygen atoms in total. The number of aliphatic imine (C=N–C) groups is 1. The minimum absolute atomic E-state index is 0.0194. The number of hydrogen-bond donors (Lipinski definition) is 2. The van der Waals surface area contributed by atoms with E-state index < -0.39 is 4.92 Å². The molecular formula is C13H14N6O2. The summed E-state index contributed by atoms with van der Waals surface area (Å²) in [5, 5.41) is 15.0. The van der Waals surface area contributed by atoms with E-state index in [0.29, 0.717) is 11.4 Å². The average molecular weight is 286 g/mol. The third kappa shape index (κ3) is 3.24. The van der Waals surface area contributed by atoms with Crippen LogP contribution in [0.1, 0.15) is 5.69 Å². The van der Waals surface area contributed by atoms with Crippen LogP contribution in [0.4, 0.5) is 5.69 Å². The minimum atomic E-state index is -0.420. The van der Waals surface area contributed by atoms with Crippen LogP contribution in [0.25, 0.3) is 5.69 Å². The molecule has 0 bridgehead atoms. The smallest absolute Gasteiger partial charge is 0.293 e. The Labute approximate surface area is 120 Å². The maximum absolute atomic E-state index is 11.1. The van der Waals surface area contributed by atoms with Crippen molar-refractivity contribution in [3.05, 3.63) is 58.4 Å². The molecular weight excluding hydrogens is 272 g/mol. The summed E-state index contributed by atoms with van der Waals surface area (Å²) in [6.07, 6.45) is 3.23. The lowest BCUT2D eigenvalue weighted by atomic mass is 10.2. The molecule has 8 heteroatoms. The molecule has 0 saturated heterocycles. The van der Waals surface area contributed by atoms with Gasteiger partial charge in [-0.2, -0.15) is 5.10 Å². The zero-order valence-corrected chi connectivity index (χ0v) is 11.3. The third-order valence-electron chi connectivity index (χ3n) is 2.74. The van der Waals surface area contributed by atoms with Crippen molar-refractivity contribution in [2.75, 3.05) is 7.05 Å². The van der Waals surface area contributed by atoms with E-state index in [1.165, 1.54) is 19.3 Å². The first-order valence-corrected chi connectivity index (χ1v) is 6.06. The van der Waals surface area contributed by atoms with Crippen molar-refractivity contribution in [3.63, 3.8) is 0 Å². The topological polar surface area (TPSA) is 111 Å². The van der Waals surface area contributed by atoms with E-state index in [1.807, 2.05) is 0 Å². The van der Waals surface area contributed by atoms with Crippen LogP contribution in [0.15, 0.2) is 52.7 Å². The van der Waals surface area contributed by atoms with Gasteiger partial charge in [0.25, 0.3) is 5.69 Å². The quantitative estimate of drug-likeness (QED) is 0.381. The Hall–Kier alpha value is -3.16. The van der Waals surface area contributed by atoms with Gasteiger partial charge in [0.1, 0.15) is 5.69 Å².